The van der Waals surface area contributed by atoms with Crippen molar-refractivity contribution in [3.05, 3.63) is 65.1 Å². The van der Waals surface area contributed by atoms with E-state index in [-0.39, 0.29) is 5.91 Å². The Kier molecular flexibility index (Phi) is 4.76. The largest absolute Gasteiger partial charge is 0.348 e. The zero-order chi connectivity index (χ0) is 23.4. The summed E-state index contributed by atoms with van der Waals surface area (Å²) >= 11 is 0. The smallest absolute Gasteiger partial charge is 0.251 e. The molecule has 1 fully saturated rings. The lowest BCUT2D eigenvalue weighted by Gasteiger charge is -2.11. The zero-order valence-electron chi connectivity index (χ0n) is 19.6. The fourth-order valence-electron chi connectivity index (χ4n) is 4.70. The van der Waals surface area contributed by atoms with Gasteiger partial charge in [0.2, 0.25) is 5.95 Å². The van der Waals surface area contributed by atoms with Crippen molar-refractivity contribution in [3.63, 3.8) is 0 Å². The molecule has 1 amide bonds. The van der Waals surface area contributed by atoms with Gasteiger partial charge in [-0.1, -0.05) is 24.3 Å². The fourth-order valence-corrected chi connectivity index (χ4v) is 4.70. The van der Waals surface area contributed by atoms with Crippen molar-refractivity contribution in [3.8, 4) is 22.6 Å². The zero-order valence-corrected chi connectivity index (χ0v) is 19.6. The van der Waals surface area contributed by atoms with Gasteiger partial charge in [-0.15, -0.1) is 5.10 Å². The molecule has 0 radical (unpaired) electrons. The van der Waals surface area contributed by atoms with Crippen LogP contribution >= 0.6 is 0 Å². The van der Waals surface area contributed by atoms with Crippen LogP contribution in [-0.2, 0) is 20.1 Å². The van der Waals surface area contributed by atoms with Crippen molar-refractivity contribution in [1.29, 1.82) is 0 Å². The van der Waals surface area contributed by atoms with Gasteiger partial charge in [0.25, 0.3) is 5.91 Å². The van der Waals surface area contributed by atoms with E-state index in [1.165, 1.54) is 18.7 Å². The number of fused-ring (bicyclic) bond motifs is 1. The average Bonchev–Trinajstić information content (AvgIpc) is 3.32. The predicted molar refractivity (Wildman–Crippen MR) is 131 cm³/mol. The molecule has 34 heavy (non-hydrogen) atoms. The number of benzene rings is 2. The maximum atomic E-state index is 12.0. The summed E-state index contributed by atoms with van der Waals surface area (Å²) in [5, 5.41) is 11.0. The standard InChI is InChI=1S/C26H27N7O/c1-4-33-26(29-21-12-11-19-20(15(21)2)13-28-25(19)34)30-23(31-33)17-7-5-16(6-8-17)22-14-27-24(32(22)3)18-9-10-18/h5-8,11-12,14,18H,4,9-10,13H2,1-3H3,(H,28,34)(H,29,30,31). The Labute approximate surface area is 198 Å². The Morgan fingerprint density at radius 2 is 1.88 bits per heavy atom. The predicted octanol–water partition coefficient (Wildman–Crippen LogP) is 4.54. The van der Waals surface area contributed by atoms with Gasteiger partial charge in [0.05, 0.1) is 11.9 Å². The molecule has 2 aromatic carbocycles. The molecule has 0 bridgehead atoms. The lowest BCUT2D eigenvalue weighted by molar-refractivity contribution is 0.0966. The number of anilines is 2. The molecule has 6 rings (SSSR count). The molecule has 172 valence electrons. The van der Waals surface area contributed by atoms with Crippen LogP contribution in [0.25, 0.3) is 22.6 Å². The number of carbonyl (C=O) groups excluding carboxylic acids is 1. The highest BCUT2D eigenvalue weighted by Crippen LogP contribution is 2.40. The van der Waals surface area contributed by atoms with Gasteiger partial charge in [-0.2, -0.15) is 4.98 Å². The van der Waals surface area contributed by atoms with Crippen LogP contribution < -0.4 is 10.6 Å². The van der Waals surface area contributed by atoms with Crippen molar-refractivity contribution < 1.29 is 4.79 Å². The number of nitrogens with zero attached hydrogens (tertiary/aromatic N) is 5. The molecule has 3 heterocycles. The molecule has 2 N–H and O–H groups in total. The first-order valence-electron chi connectivity index (χ1n) is 11.8. The molecule has 2 aliphatic rings. The van der Waals surface area contributed by atoms with Crippen molar-refractivity contribution in [2.24, 2.45) is 7.05 Å². The van der Waals surface area contributed by atoms with E-state index in [9.17, 15) is 4.79 Å². The lowest BCUT2D eigenvalue weighted by Crippen LogP contribution is -2.12. The normalized spacial score (nSPS) is 14.9. The quantitative estimate of drug-likeness (QED) is 0.447. The molecule has 2 aromatic heterocycles. The summed E-state index contributed by atoms with van der Waals surface area (Å²) in [5.74, 6) is 3.15. The van der Waals surface area contributed by atoms with E-state index in [1.54, 1.807) is 0 Å². The van der Waals surface area contributed by atoms with E-state index in [2.05, 4.69) is 51.5 Å². The molecule has 8 heteroatoms. The van der Waals surface area contributed by atoms with Gasteiger partial charge in [-0.25, -0.2) is 9.67 Å². The maximum absolute atomic E-state index is 12.0. The molecule has 0 saturated heterocycles. The first-order valence-corrected chi connectivity index (χ1v) is 11.8. The van der Waals surface area contributed by atoms with E-state index < -0.39 is 0 Å². The Morgan fingerprint density at radius 1 is 1.12 bits per heavy atom. The van der Waals surface area contributed by atoms with Crippen LogP contribution in [0.15, 0.2) is 42.6 Å². The highest BCUT2D eigenvalue weighted by molar-refractivity contribution is 5.99. The van der Waals surface area contributed by atoms with Gasteiger partial charge in [0.1, 0.15) is 5.82 Å². The highest BCUT2D eigenvalue weighted by atomic mass is 16.1. The van der Waals surface area contributed by atoms with Gasteiger partial charge in [0.15, 0.2) is 5.82 Å². The molecule has 8 nitrogen and oxygen atoms in total. The summed E-state index contributed by atoms with van der Waals surface area (Å²) in [6.07, 6.45) is 4.45. The third kappa shape index (κ3) is 3.37. The van der Waals surface area contributed by atoms with E-state index >= 15 is 0 Å². The van der Waals surface area contributed by atoms with Gasteiger partial charge >= 0.3 is 0 Å². The van der Waals surface area contributed by atoms with E-state index in [4.69, 9.17) is 10.1 Å². The first kappa shape index (κ1) is 20.7. The Bertz CT molecular complexity index is 1410. The second-order valence-corrected chi connectivity index (χ2v) is 9.06. The first-order chi connectivity index (χ1) is 16.5. The molecule has 1 aliphatic heterocycles. The van der Waals surface area contributed by atoms with Crippen LogP contribution in [0.5, 0.6) is 0 Å². The number of amides is 1. The minimum Gasteiger partial charge on any atom is -0.348 e. The van der Waals surface area contributed by atoms with E-state index in [0.717, 1.165) is 39.2 Å². The van der Waals surface area contributed by atoms with Gasteiger partial charge < -0.3 is 15.2 Å². The Hall–Kier alpha value is -3.94. The Morgan fingerprint density at radius 3 is 2.62 bits per heavy atom. The number of aryl methyl sites for hydroxylation is 1. The van der Waals surface area contributed by atoms with Crippen LogP contribution in [0.1, 0.15) is 53.0 Å². The Balaban J connectivity index is 1.27. The second-order valence-electron chi connectivity index (χ2n) is 9.06. The minimum atomic E-state index is -0.0120. The van der Waals surface area contributed by atoms with Gasteiger partial charge in [-0.3, -0.25) is 4.79 Å². The monoisotopic (exact) mass is 453 g/mol. The average molecular weight is 454 g/mol. The number of rotatable bonds is 6. The summed E-state index contributed by atoms with van der Waals surface area (Å²) in [6, 6.07) is 12.2. The lowest BCUT2D eigenvalue weighted by atomic mass is 10.0. The van der Waals surface area contributed by atoms with Crippen LogP contribution in [0, 0.1) is 6.92 Å². The summed E-state index contributed by atoms with van der Waals surface area (Å²) in [4.78, 5) is 21.4. The van der Waals surface area contributed by atoms with Crippen molar-refractivity contribution >= 4 is 17.5 Å². The molecule has 1 saturated carbocycles. The number of nitrogens with one attached hydrogen (secondary N) is 2. The molecule has 4 aromatic rings. The summed E-state index contributed by atoms with van der Waals surface area (Å²) in [6.45, 7) is 5.33. The number of aromatic nitrogens is 5. The van der Waals surface area contributed by atoms with Crippen LogP contribution in [0.4, 0.5) is 11.6 Å². The van der Waals surface area contributed by atoms with Gasteiger partial charge in [-0.05, 0) is 55.5 Å². The summed E-state index contributed by atoms with van der Waals surface area (Å²) in [5.41, 5.74) is 6.99. The molecular weight excluding hydrogens is 426 g/mol. The van der Waals surface area contributed by atoms with Crippen molar-refractivity contribution in [2.45, 2.75) is 45.7 Å². The van der Waals surface area contributed by atoms with Crippen molar-refractivity contribution in [1.82, 2.24) is 29.6 Å². The van der Waals surface area contributed by atoms with Crippen molar-refractivity contribution in [2.75, 3.05) is 5.32 Å². The van der Waals surface area contributed by atoms with Crippen LogP contribution in [0.2, 0.25) is 0 Å². The maximum Gasteiger partial charge on any atom is 0.251 e. The van der Waals surface area contributed by atoms with Gasteiger partial charge in [0, 0.05) is 42.9 Å². The number of imidazole rings is 1. The molecule has 0 unspecified atom stereocenters. The van der Waals surface area contributed by atoms with E-state index in [0.29, 0.717) is 30.8 Å². The second kappa shape index (κ2) is 7.83. The summed E-state index contributed by atoms with van der Waals surface area (Å²) in [7, 11) is 2.10. The molecular formula is C26H27N7O. The SMILES string of the molecule is CCn1nc(-c2ccc(-c3cnc(C4CC4)n3C)cc2)nc1Nc1ccc2c(c1C)CNC2=O. The highest BCUT2D eigenvalue weighted by Gasteiger charge is 2.28. The number of hydrogen-bond donors (Lipinski definition) is 2. The fraction of sp³-hybridized carbons (Fsp3) is 0.308. The topological polar surface area (TPSA) is 89.7 Å². The minimum absolute atomic E-state index is 0.0120. The van der Waals surface area contributed by atoms with Crippen LogP contribution in [0.3, 0.4) is 0 Å². The third-order valence-electron chi connectivity index (χ3n) is 6.89. The third-order valence-corrected chi connectivity index (χ3v) is 6.89. The molecule has 1 aliphatic carbocycles. The molecule has 0 spiro atoms. The summed E-state index contributed by atoms with van der Waals surface area (Å²) < 4.78 is 4.07. The number of carbonyl (C=O) groups is 1. The molecule has 0 atom stereocenters. The van der Waals surface area contributed by atoms with Crippen LogP contribution in [-0.4, -0.2) is 30.2 Å². The van der Waals surface area contributed by atoms with E-state index in [1.807, 2.05) is 36.9 Å². The number of hydrogen-bond acceptors (Lipinski definition) is 5.